The molecule has 26 heavy (non-hydrogen) atoms. The molecule has 3 heterocycles. The summed E-state index contributed by atoms with van der Waals surface area (Å²) in [6.07, 6.45) is 3.49. The third-order valence-electron chi connectivity index (χ3n) is 5.37. The summed E-state index contributed by atoms with van der Waals surface area (Å²) in [7, 11) is 0. The molecule has 138 valence electrons. The first kappa shape index (κ1) is 17.5. The van der Waals surface area contributed by atoms with E-state index in [0.717, 1.165) is 24.3 Å². The van der Waals surface area contributed by atoms with Crippen LogP contribution in [0.15, 0.2) is 36.5 Å². The lowest BCUT2D eigenvalue weighted by molar-refractivity contribution is 0.0115. The maximum atomic E-state index is 11.0. The van der Waals surface area contributed by atoms with E-state index in [2.05, 4.69) is 19.8 Å². The van der Waals surface area contributed by atoms with Gasteiger partial charge >= 0.3 is 0 Å². The van der Waals surface area contributed by atoms with Crippen molar-refractivity contribution in [1.82, 2.24) is 9.97 Å². The molecule has 0 saturated carbocycles. The van der Waals surface area contributed by atoms with Crippen LogP contribution in [0.25, 0.3) is 0 Å². The molecule has 2 fully saturated rings. The number of aliphatic hydroxyl groups is 2. The van der Waals surface area contributed by atoms with Gasteiger partial charge in [-0.3, -0.25) is 0 Å². The number of β-amino-alcohol motifs (C(OH)–C–C–N with tert-alkyl or cyclic N) is 1. The van der Waals surface area contributed by atoms with Crippen molar-refractivity contribution in [2.24, 2.45) is 0 Å². The molecule has 0 aliphatic carbocycles. The van der Waals surface area contributed by atoms with Gasteiger partial charge in [0.1, 0.15) is 5.82 Å². The molecule has 1 aromatic carbocycles. The first-order chi connectivity index (χ1) is 12.5. The molecular formula is C19H23ClN4O2. The summed E-state index contributed by atoms with van der Waals surface area (Å²) in [5, 5.41) is 21.4. The van der Waals surface area contributed by atoms with Crippen molar-refractivity contribution in [2.75, 3.05) is 36.0 Å². The quantitative estimate of drug-likeness (QED) is 0.858. The Morgan fingerprint density at radius 1 is 1.04 bits per heavy atom. The lowest BCUT2D eigenvalue weighted by atomic mass is 9.84. The van der Waals surface area contributed by atoms with Crippen molar-refractivity contribution in [3.05, 3.63) is 47.1 Å². The molecule has 0 bridgehead atoms. The van der Waals surface area contributed by atoms with Crippen LogP contribution in [0.4, 0.5) is 11.8 Å². The molecule has 2 aliphatic heterocycles. The van der Waals surface area contributed by atoms with Crippen molar-refractivity contribution >= 4 is 23.4 Å². The summed E-state index contributed by atoms with van der Waals surface area (Å²) >= 11 is 5.95. The largest absolute Gasteiger partial charge is 0.391 e. The van der Waals surface area contributed by atoms with Gasteiger partial charge in [-0.2, -0.15) is 4.98 Å². The van der Waals surface area contributed by atoms with Gasteiger partial charge in [0.25, 0.3) is 0 Å². The third-order valence-corrected chi connectivity index (χ3v) is 5.62. The summed E-state index contributed by atoms with van der Waals surface area (Å²) in [5.74, 6) is 1.53. The van der Waals surface area contributed by atoms with E-state index in [9.17, 15) is 10.2 Å². The van der Waals surface area contributed by atoms with Crippen LogP contribution in [0, 0.1) is 0 Å². The number of hydrogen-bond acceptors (Lipinski definition) is 6. The van der Waals surface area contributed by atoms with Crippen LogP contribution in [0.2, 0.25) is 5.02 Å². The summed E-state index contributed by atoms with van der Waals surface area (Å²) < 4.78 is 0. The Morgan fingerprint density at radius 3 is 2.42 bits per heavy atom. The van der Waals surface area contributed by atoms with Crippen molar-refractivity contribution in [1.29, 1.82) is 0 Å². The lowest BCUT2D eigenvalue weighted by Gasteiger charge is -2.38. The smallest absolute Gasteiger partial charge is 0.227 e. The minimum atomic E-state index is -0.836. The Kier molecular flexibility index (Phi) is 4.73. The monoisotopic (exact) mass is 374 g/mol. The van der Waals surface area contributed by atoms with E-state index in [-0.39, 0.29) is 6.10 Å². The van der Waals surface area contributed by atoms with Crippen molar-refractivity contribution in [3.63, 3.8) is 0 Å². The molecule has 2 aliphatic rings. The van der Waals surface area contributed by atoms with Crippen LogP contribution < -0.4 is 9.80 Å². The molecule has 4 rings (SSSR count). The maximum Gasteiger partial charge on any atom is 0.227 e. The first-order valence-electron chi connectivity index (χ1n) is 9.03. The second-order valence-electron chi connectivity index (χ2n) is 7.13. The predicted molar refractivity (Wildman–Crippen MR) is 102 cm³/mol. The summed E-state index contributed by atoms with van der Waals surface area (Å²) in [4.78, 5) is 13.3. The Hall–Kier alpha value is -1.89. The Balaban J connectivity index is 1.45. The second-order valence-corrected chi connectivity index (χ2v) is 7.57. The summed E-state index contributed by atoms with van der Waals surface area (Å²) in [6, 6.07) is 9.31. The van der Waals surface area contributed by atoms with Gasteiger partial charge < -0.3 is 20.0 Å². The highest BCUT2D eigenvalue weighted by atomic mass is 35.5. The predicted octanol–water partition coefficient (Wildman–Crippen LogP) is 2.19. The number of hydrogen-bond donors (Lipinski definition) is 2. The Bertz CT molecular complexity index is 762. The number of benzene rings is 1. The molecule has 6 nitrogen and oxygen atoms in total. The van der Waals surface area contributed by atoms with Crippen LogP contribution >= 0.6 is 11.6 Å². The van der Waals surface area contributed by atoms with E-state index in [1.54, 1.807) is 6.20 Å². The van der Waals surface area contributed by atoms with Crippen molar-refractivity contribution in [3.8, 4) is 0 Å². The van der Waals surface area contributed by atoms with Gasteiger partial charge in [0.2, 0.25) is 5.95 Å². The van der Waals surface area contributed by atoms with Gasteiger partial charge in [-0.05, 0) is 43.0 Å². The van der Waals surface area contributed by atoms with Gasteiger partial charge in [-0.15, -0.1) is 0 Å². The van der Waals surface area contributed by atoms with Crippen LogP contribution in [0.5, 0.6) is 0 Å². The zero-order chi connectivity index (χ0) is 18.1. The number of aromatic nitrogens is 2. The molecule has 0 unspecified atom stereocenters. The molecule has 1 atom stereocenters. The minimum absolute atomic E-state index is 0.280. The number of piperidine rings is 1. The first-order valence-corrected chi connectivity index (χ1v) is 9.41. The molecular weight excluding hydrogens is 352 g/mol. The number of rotatable bonds is 3. The number of anilines is 2. The standard InChI is InChI=1S/C19H23ClN4O2/c20-15-3-1-14(2-4-15)19(26)7-11-23(12-8-19)18-21-9-5-17(22-18)24-10-6-16(25)13-24/h1-5,9,16,25-26H,6-8,10-13H2/t16-/m1/s1. The third kappa shape index (κ3) is 3.49. The minimum Gasteiger partial charge on any atom is -0.391 e. The normalized spacial score (nSPS) is 22.7. The Labute approximate surface area is 158 Å². The highest BCUT2D eigenvalue weighted by Crippen LogP contribution is 2.34. The fourth-order valence-electron chi connectivity index (χ4n) is 3.74. The molecule has 2 aromatic rings. The van der Waals surface area contributed by atoms with Gasteiger partial charge in [-0.25, -0.2) is 4.98 Å². The molecule has 7 heteroatoms. The van der Waals surface area contributed by atoms with Crippen LogP contribution in [-0.2, 0) is 5.60 Å². The Morgan fingerprint density at radius 2 is 1.77 bits per heavy atom. The highest BCUT2D eigenvalue weighted by molar-refractivity contribution is 6.30. The number of nitrogens with zero attached hydrogens (tertiary/aromatic N) is 4. The average Bonchev–Trinajstić information content (AvgIpc) is 3.09. The molecule has 2 N–H and O–H groups in total. The zero-order valence-corrected chi connectivity index (χ0v) is 15.3. The molecule has 2 saturated heterocycles. The van der Waals surface area contributed by atoms with Crippen molar-refractivity contribution < 1.29 is 10.2 Å². The molecule has 0 amide bonds. The van der Waals surface area contributed by atoms with Crippen LogP contribution in [0.1, 0.15) is 24.8 Å². The van der Waals surface area contributed by atoms with Gasteiger partial charge in [0.15, 0.2) is 0 Å². The van der Waals surface area contributed by atoms with E-state index < -0.39 is 5.60 Å². The van der Waals surface area contributed by atoms with Crippen molar-refractivity contribution in [2.45, 2.75) is 31.0 Å². The number of aliphatic hydroxyl groups excluding tert-OH is 1. The lowest BCUT2D eigenvalue weighted by Crippen LogP contribution is -2.43. The molecule has 0 spiro atoms. The van der Waals surface area contributed by atoms with Gasteiger partial charge in [0, 0.05) is 37.4 Å². The van der Waals surface area contributed by atoms with E-state index in [1.807, 2.05) is 30.3 Å². The SMILES string of the molecule is O[C@@H]1CCN(c2ccnc(N3CCC(O)(c4ccc(Cl)cc4)CC3)n2)C1. The zero-order valence-electron chi connectivity index (χ0n) is 14.6. The van der Waals surface area contributed by atoms with E-state index in [0.29, 0.717) is 43.4 Å². The van der Waals surface area contributed by atoms with Gasteiger partial charge in [-0.1, -0.05) is 23.7 Å². The highest BCUT2D eigenvalue weighted by Gasteiger charge is 2.35. The van der Waals surface area contributed by atoms with Gasteiger partial charge in [0.05, 0.1) is 11.7 Å². The van der Waals surface area contributed by atoms with E-state index in [1.165, 1.54) is 0 Å². The number of halogens is 1. The van der Waals surface area contributed by atoms with Crippen LogP contribution in [-0.4, -0.2) is 52.5 Å². The average molecular weight is 375 g/mol. The topological polar surface area (TPSA) is 72.7 Å². The molecule has 0 radical (unpaired) electrons. The van der Waals surface area contributed by atoms with Crippen LogP contribution in [0.3, 0.4) is 0 Å². The molecule has 1 aromatic heterocycles. The fourth-order valence-corrected chi connectivity index (χ4v) is 3.87. The maximum absolute atomic E-state index is 11.0. The van der Waals surface area contributed by atoms with E-state index in [4.69, 9.17) is 11.6 Å². The second kappa shape index (κ2) is 7.02. The van der Waals surface area contributed by atoms with E-state index >= 15 is 0 Å². The summed E-state index contributed by atoms with van der Waals surface area (Å²) in [6.45, 7) is 2.80. The summed E-state index contributed by atoms with van der Waals surface area (Å²) in [5.41, 5.74) is 0.0693. The fraction of sp³-hybridized carbons (Fsp3) is 0.474.